The molecule has 0 saturated heterocycles. The Morgan fingerprint density at radius 3 is 2.85 bits per heavy atom. The van der Waals surface area contributed by atoms with Gasteiger partial charge in [0.25, 0.3) is 0 Å². The number of hydrogen-bond donors (Lipinski definition) is 2. The normalized spacial score (nSPS) is 11.0. The molecule has 1 aromatic carbocycles. The second-order valence-corrected chi connectivity index (χ2v) is 5.44. The number of halogens is 1. The number of nitrogens with one attached hydrogen (secondary N) is 1. The van der Waals surface area contributed by atoms with E-state index in [2.05, 4.69) is 20.9 Å². The topological polar surface area (TPSA) is 62.3 Å². The third-order valence-corrected chi connectivity index (χ3v) is 4.30. The van der Waals surface area contributed by atoms with Crippen molar-refractivity contribution in [2.75, 3.05) is 13.2 Å². The van der Waals surface area contributed by atoms with E-state index in [1.54, 1.807) is 6.92 Å². The van der Waals surface area contributed by atoms with Crippen molar-refractivity contribution in [2.45, 2.75) is 26.7 Å². The number of hydrogen-bond acceptors (Lipinski definition) is 3. The largest absolute Gasteiger partial charge is 0.461 e. The second kappa shape index (κ2) is 6.41. The summed E-state index contributed by atoms with van der Waals surface area (Å²) in [6, 6.07) is 4.01. The molecule has 0 unspecified atom stereocenters. The van der Waals surface area contributed by atoms with Crippen LogP contribution in [0.2, 0.25) is 0 Å². The molecular formula is C15H18BrNO3. The number of aliphatic hydroxyl groups is 1. The Hall–Kier alpha value is -1.33. The van der Waals surface area contributed by atoms with Gasteiger partial charge in [-0.1, -0.05) is 12.1 Å². The molecule has 0 bridgehead atoms. The highest BCUT2D eigenvalue weighted by molar-refractivity contribution is 9.10. The Labute approximate surface area is 126 Å². The van der Waals surface area contributed by atoms with Crippen molar-refractivity contribution in [3.63, 3.8) is 0 Å². The van der Waals surface area contributed by atoms with Gasteiger partial charge in [0.15, 0.2) is 0 Å². The molecule has 0 saturated carbocycles. The van der Waals surface area contributed by atoms with Gasteiger partial charge in [0.05, 0.1) is 12.1 Å². The first-order valence-electron chi connectivity index (χ1n) is 6.67. The predicted octanol–water partition coefficient (Wildman–Crippen LogP) is 3.34. The fourth-order valence-electron chi connectivity index (χ4n) is 2.28. The monoisotopic (exact) mass is 339 g/mol. The summed E-state index contributed by atoms with van der Waals surface area (Å²) >= 11 is 3.55. The number of esters is 1. The molecule has 1 heterocycles. The van der Waals surface area contributed by atoms with Crippen molar-refractivity contribution in [1.82, 2.24) is 4.98 Å². The second-order valence-electron chi connectivity index (χ2n) is 4.65. The SMILES string of the molecule is CCOC(=O)c1[nH]c2c(Br)c(C)ccc2c1CCCO. The number of aromatic nitrogens is 1. The van der Waals surface area contributed by atoms with Crippen LogP contribution in [-0.4, -0.2) is 29.3 Å². The van der Waals surface area contributed by atoms with Crippen LogP contribution in [0, 0.1) is 6.92 Å². The summed E-state index contributed by atoms with van der Waals surface area (Å²) in [5.74, 6) is -0.346. The zero-order valence-corrected chi connectivity index (χ0v) is 13.2. The van der Waals surface area contributed by atoms with Crippen LogP contribution in [-0.2, 0) is 11.2 Å². The molecular weight excluding hydrogens is 322 g/mol. The Kier molecular flexibility index (Phi) is 4.83. The Morgan fingerprint density at radius 2 is 2.20 bits per heavy atom. The zero-order valence-electron chi connectivity index (χ0n) is 11.6. The molecule has 0 aliphatic carbocycles. The number of H-pyrrole nitrogens is 1. The van der Waals surface area contributed by atoms with Crippen LogP contribution < -0.4 is 0 Å². The van der Waals surface area contributed by atoms with Crippen LogP contribution in [0.1, 0.15) is 35.0 Å². The van der Waals surface area contributed by atoms with E-state index in [-0.39, 0.29) is 12.6 Å². The first-order valence-corrected chi connectivity index (χ1v) is 7.47. The van der Waals surface area contributed by atoms with Crippen molar-refractivity contribution in [1.29, 1.82) is 0 Å². The molecule has 0 spiro atoms. The summed E-state index contributed by atoms with van der Waals surface area (Å²) in [5, 5.41) is 10.0. The fourth-order valence-corrected chi connectivity index (χ4v) is 2.73. The number of aromatic amines is 1. The van der Waals surface area contributed by atoms with Crippen molar-refractivity contribution in [3.8, 4) is 0 Å². The van der Waals surface area contributed by atoms with Gasteiger partial charge in [-0.2, -0.15) is 0 Å². The summed E-state index contributed by atoms with van der Waals surface area (Å²) in [4.78, 5) is 15.2. The van der Waals surface area contributed by atoms with Crippen LogP contribution in [0.15, 0.2) is 16.6 Å². The summed E-state index contributed by atoms with van der Waals surface area (Å²) < 4.78 is 6.05. The summed E-state index contributed by atoms with van der Waals surface area (Å²) in [7, 11) is 0. The van der Waals surface area contributed by atoms with Gasteiger partial charge in [0, 0.05) is 16.5 Å². The van der Waals surface area contributed by atoms with E-state index in [0.717, 1.165) is 26.5 Å². The highest BCUT2D eigenvalue weighted by Crippen LogP contribution is 2.32. The predicted molar refractivity (Wildman–Crippen MR) is 82.1 cm³/mol. The van der Waals surface area contributed by atoms with E-state index in [1.165, 1.54) is 0 Å². The molecule has 0 fully saturated rings. The van der Waals surface area contributed by atoms with Crippen LogP contribution in [0.25, 0.3) is 10.9 Å². The molecule has 0 aliphatic heterocycles. The molecule has 0 amide bonds. The van der Waals surface area contributed by atoms with Gasteiger partial charge in [-0.3, -0.25) is 0 Å². The van der Waals surface area contributed by atoms with Gasteiger partial charge in [-0.15, -0.1) is 0 Å². The van der Waals surface area contributed by atoms with Gasteiger partial charge in [0.2, 0.25) is 0 Å². The number of aliphatic hydroxyl groups excluding tert-OH is 1. The molecule has 0 radical (unpaired) electrons. The molecule has 4 nitrogen and oxygen atoms in total. The fraction of sp³-hybridized carbons (Fsp3) is 0.400. The molecule has 2 aromatic rings. The third-order valence-electron chi connectivity index (χ3n) is 3.28. The standard InChI is InChI=1S/C15H18BrNO3/c1-3-20-15(19)14-10(5-4-8-18)11-7-6-9(2)12(16)13(11)17-14/h6-7,17-18H,3-5,8H2,1-2H3. The highest BCUT2D eigenvalue weighted by atomic mass is 79.9. The van der Waals surface area contributed by atoms with E-state index >= 15 is 0 Å². The first kappa shape index (κ1) is 15.1. The van der Waals surface area contributed by atoms with Crippen molar-refractivity contribution in [3.05, 3.63) is 33.4 Å². The first-order chi connectivity index (χ1) is 9.60. The quantitative estimate of drug-likeness (QED) is 0.821. The lowest BCUT2D eigenvalue weighted by Gasteiger charge is -2.04. The van der Waals surface area contributed by atoms with E-state index < -0.39 is 0 Å². The summed E-state index contributed by atoms with van der Waals surface area (Å²) in [6.07, 6.45) is 1.25. The maximum absolute atomic E-state index is 12.1. The summed E-state index contributed by atoms with van der Waals surface area (Å²) in [5.41, 5.74) is 3.40. The molecule has 1 aromatic heterocycles. The number of carbonyl (C=O) groups is 1. The Bertz CT molecular complexity index is 634. The molecule has 20 heavy (non-hydrogen) atoms. The van der Waals surface area contributed by atoms with E-state index in [1.807, 2.05) is 19.1 Å². The van der Waals surface area contributed by atoms with Gasteiger partial charge >= 0.3 is 5.97 Å². The number of carbonyl (C=O) groups excluding carboxylic acids is 1. The third kappa shape index (κ3) is 2.74. The molecule has 2 rings (SSSR count). The Balaban J connectivity index is 2.59. The average Bonchev–Trinajstić information content (AvgIpc) is 2.80. The van der Waals surface area contributed by atoms with Crippen molar-refractivity contribution < 1.29 is 14.6 Å². The smallest absolute Gasteiger partial charge is 0.355 e. The lowest BCUT2D eigenvalue weighted by Crippen LogP contribution is -2.08. The van der Waals surface area contributed by atoms with E-state index in [9.17, 15) is 4.79 Å². The molecule has 108 valence electrons. The zero-order chi connectivity index (χ0) is 14.7. The molecule has 2 N–H and O–H groups in total. The van der Waals surface area contributed by atoms with Gasteiger partial charge in [-0.25, -0.2) is 4.79 Å². The van der Waals surface area contributed by atoms with E-state index in [0.29, 0.717) is 25.1 Å². The highest BCUT2D eigenvalue weighted by Gasteiger charge is 2.20. The number of rotatable bonds is 5. The number of benzene rings is 1. The molecule has 0 atom stereocenters. The van der Waals surface area contributed by atoms with Crippen molar-refractivity contribution in [2.24, 2.45) is 0 Å². The molecule has 5 heteroatoms. The number of fused-ring (bicyclic) bond motifs is 1. The minimum Gasteiger partial charge on any atom is -0.461 e. The Morgan fingerprint density at radius 1 is 1.45 bits per heavy atom. The lowest BCUT2D eigenvalue weighted by molar-refractivity contribution is 0.0519. The van der Waals surface area contributed by atoms with Gasteiger partial charge in [-0.05, 0) is 53.7 Å². The van der Waals surface area contributed by atoms with Crippen LogP contribution >= 0.6 is 15.9 Å². The minimum atomic E-state index is -0.346. The lowest BCUT2D eigenvalue weighted by atomic mass is 10.0. The summed E-state index contributed by atoms with van der Waals surface area (Å²) in [6.45, 7) is 4.23. The average molecular weight is 340 g/mol. The van der Waals surface area contributed by atoms with Crippen LogP contribution in [0.3, 0.4) is 0 Å². The molecule has 0 aliphatic rings. The van der Waals surface area contributed by atoms with E-state index in [4.69, 9.17) is 9.84 Å². The minimum absolute atomic E-state index is 0.0992. The van der Waals surface area contributed by atoms with Gasteiger partial charge < -0.3 is 14.8 Å². The maximum atomic E-state index is 12.1. The van der Waals surface area contributed by atoms with Crippen molar-refractivity contribution >= 4 is 32.8 Å². The number of aryl methyl sites for hydroxylation is 2. The number of ether oxygens (including phenoxy) is 1. The van der Waals surface area contributed by atoms with Crippen LogP contribution in [0.4, 0.5) is 0 Å². The maximum Gasteiger partial charge on any atom is 0.355 e. The van der Waals surface area contributed by atoms with Crippen LogP contribution in [0.5, 0.6) is 0 Å². The van der Waals surface area contributed by atoms with Gasteiger partial charge in [0.1, 0.15) is 5.69 Å².